The van der Waals surface area contributed by atoms with Crippen molar-refractivity contribution in [3.05, 3.63) is 58.9 Å². The minimum Gasteiger partial charge on any atom is -0.507 e. The summed E-state index contributed by atoms with van der Waals surface area (Å²) >= 11 is 1.24. The first-order valence-electron chi connectivity index (χ1n) is 5.80. The number of hydrogen-bond acceptors (Lipinski definition) is 3. The third kappa shape index (κ3) is 2.16. The first-order valence-corrected chi connectivity index (χ1v) is 6.62. The lowest BCUT2D eigenvalue weighted by molar-refractivity contribution is 0.0696. The van der Waals surface area contributed by atoms with Crippen molar-refractivity contribution in [3.63, 3.8) is 0 Å². The van der Waals surface area contributed by atoms with E-state index in [0.29, 0.717) is 20.9 Å². The van der Waals surface area contributed by atoms with E-state index in [1.54, 1.807) is 12.1 Å². The zero-order valence-corrected chi connectivity index (χ0v) is 10.9. The van der Waals surface area contributed by atoms with Crippen LogP contribution >= 0.6 is 11.8 Å². The van der Waals surface area contributed by atoms with Crippen LogP contribution in [-0.4, -0.2) is 16.2 Å². The van der Waals surface area contributed by atoms with Crippen molar-refractivity contribution in [2.75, 3.05) is 0 Å². The third-order valence-corrected chi connectivity index (χ3v) is 4.12. The van der Waals surface area contributed by atoms with Crippen molar-refractivity contribution in [1.82, 2.24) is 0 Å². The van der Waals surface area contributed by atoms with Gasteiger partial charge in [0.2, 0.25) is 0 Å². The topological polar surface area (TPSA) is 57.5 Å². The Morgan fingerprint density at radius 2 is 1.90 bits per heavy atom. The molecule has 3 nitrogen and oxygen atoms in total. The van der Waals surface area contributed by atoms with E-state index in [9.17, 15) is 14.3 Å². The normalized spacial score (nSPS) is 12.9. The van der Waals surface area contributed by atoms with Gasteiger partial charge < -0.3 is 10.2 Å². The van der Waals surface area contributed by atoms with Crippen LogP contribution in [0.5, 0.6) is 0 Å². The Balaban J connectivity index is 2.19. The molecular weight excluding hydrogens is 279 g/mol. The summed E-state index contributed by atoms with van der Waals surface area (Å²) in [5, 5.41) is 19.1. The first kappa shape index (κ1) is 12.7. The molecule has 100 valence electrons. The zero-order chi connectivity index (χ0) is 14.3. The Kier molecular flexibility index (Phi) is 2.99. The molecule has 0 aromatic heterocycles. The van der Waals surface area contributed by atoms with Crippen LogP contribution in [-0.2, 0) is 0 Å². The molecule has 2 N–H and O–H groups in total. The predicted octanol–water partition coefficient (Wildman–Crippen LogP) is 4.04. The van der Waals surface area contributed by atoms with Crippen LogP contribution in [0.25, 0.3) is 11.8 Å². The molecule has 2 aromatic carbocycles. The highest BCUT2D eigenvalue weighted by Gasteiger charge is 2.17. The van der Waals surface area contributed by atoms with Gasteiger partial charge in [0.05, 0.1) is 5.56 Å². The highest BCUT2D eigenvalue weighted by atomic mass is 32.2. The number of hydrogen-bond donors (Lipinski definition) is 2. The van der Waals surface area contributed by atoms with E-state index in [0.717, 1.165) is 0 Å². The molecule has 0 saturated heterocycles. The van der Waals surface area contributed by atoms with Crippen LogP contribution in [0.2, 0.25) is 0 Å². The van der Waals surface area contributed by atoms with Crippen molar-refractivity contribution in [2.45, 2.75) is 9.79 Å². The van der Waals surface area contributed by atoms with Gasteiger partial charge in [0, 0.05) is 15.4 Å². The van der Waals surface area contributed by atoms with Crippen LogP contribution in [0, 0.1) is 5.82 Å². The van der Waals surface area contributed by atoms with Crippen molar-refractivity contribution >= 4 is 29.6 Å². The molecule has 0 atom stereocenters. The van der Waals surface area contributed by atoms with Crippen LogP contribution in [0.15, 0.2) is 46.2 Å². The molecule has 0 amide bonds. The molecule has 20 heavy (non-hydrogen) atoms. The molecular formula is C15H9FO3S. The number of aromatic carboxylic acids is 1. The van der Waals surface area contributed by atoms with Gasteiger partial charge in [-0.2, -0.15) is 0 Å². The molecule has 2 aromatic rings. The summed E-state index contributed by atoms with van der Waals surface area (Å²) < 4.78 is 13.3. The van der Waals surface area contributed by atoms with Gasteiger partial charge in [-0.15, -0.1) is 0 Å². The minimum atomic E-state index is -1.02. The van der Waals surface area contributed by atoms with Gasteiger partial charge in [0.25, 0.3) is 0 Å². The summed E-state index contributed by atoms with van der Waals surface area (Å²) in [4.78, 5) is 12.2. The number of carbonyl (C=O) groups is 1. The van der Waals surface area contributed by atoms with Crippen molar-refractivity contribution in [3.8, 4) is 0 Å². The van der Waals surface area contributed by atoms with E-state index in [4.69, 9.17) is 5.11 Å². The third-order valence-electron chi connectivity index (χ3n) is 2.99. The first-order chi connectivity index (χ1) is 9.54. The van der Waals surface area contributed by atoms with E-state index < -0.39 is 11.8 Å². The van der Waals surface area contributed by atoms with Crippen LogP contribution in [0.4, 0.5) is 4.39 Å². The molecule has 0 fully saturated rings. The van der Waals surface area contributed by atoms with E-state index in [1.165, 1.54) is 42.1 Å². The second kappa shape index (κ2) is 4.68. The molecule has 0 saturated carbocycles. The number of fused-ring (bicyclic) bond motifs is 2. The summed E-state index contributed by atoms with van der Waals surface area (Å²) in [5.74, 6) is -1.39. The average Bonchev–Trinajstić information content (AvgIpc) is 2.53. The maximum Gasteiger partial charge on any atom is 0.335 e. The van der Waals surface area contributed by atoms with Gasteiger partial charge in [0.15, 0.2) is 0 Å². The van der Waals surface area contributed by atoms with Gasteiger partial charge in [-0.25, -0.2) is 9.18 Å². The Morgan fingerprint density at radius 1 is 1.10 bits per heavy atom. The number of aliphatic hydroxyl groups is 1. The zero-order valence-electron chi connectivity index (χ0n) is 10.1. The van der Waals surface area contributed by atoms with Crippen molar-refractivity contribution in [1.29, 1.82) is 0 Å². The van der Waals surface area contributed by atoms with Crippen molar-refractivity contribution < 1.29 is 19.4 Å². The maximum absolute atomic E-state index is 13.3. The van der Waals surface area contributed by atoms with E-state index in [1.807, 2.05) is 0 Å². The van der Waals surface area contributed by atoms with Crippen molar-refractivity contribution in [2.24, 2.45) is 0 Å². The molecule has 0 spiro atoms. The summed E-state index contributed by atoms with van der Waals surface area (Å²) in [6.45, 7) is 0. The lowest BCUT2D eigenvalue weighted by atomic mass is 10.1. The largest absolute Gasteiger partial charge is 0.507 e. The van der Waals surface area contributed by atoms with E-state index in [-0.39, 0.29) is 11.3 Å². The van der Waals surface area contributed by atoms with Gasteiger partial charge in [0.1, 0.15) is 11.6 Å². The second-order valence-electron chi connectivity index (χ2n) is 4.33. The monoisotopic (exact) mass is 288 g/mol. The smallest absolute Gasteiger partial charge is 0.335 e. The number of halogens is 1. The summed E-state index contributed by atoms with van der Waals surface area (Å²) in [7, 11) is 0. The Bertz CT molecular complexity index is 753. The Morgan fingerprint density at radius 3 is 2.65 bits per heavy atom. The molecule has 5 heteroatoms. The molecule has 3 rings (SSSR count). The fourth-order valence-electron chi connectivity index (χ4n) is 2.01. The quantitative estimate of drug-likeness (QED) is 0.831. The number of rotatable bonds is 1. The predicted molar refractivity (Wildman–Crippen MR) is 74.4 cm³/mol. The standard InChI is InChI=1S/C15H9FO3S/c16-10-3-4-11-12(17)5-8-1-2-9(15(18)19)6-13(8)20-14(11)7-10/h1-7,17H,(H,18,19). The summed E-state index contributed by atoms with van der Waals surface area (Å²) in [5.41, 5.74) is 1.39. The van der Waals surface area contributed by atoms with E-state index in [2.05, 4.69) is 0 Å². The van der Waals surface area contributed by atoms with Gasteiger partial charge >= 0.3 is 5.97 Å². The number of benzene rings is 2. The highest BCUT2D eigenvalue weighted by molar-refractivity contribution is 7.99. The average molecular weight is 288 g/mol. The molecule has 1 aliphatic heterocycles. The molecule has 0 unspecified atom stereocenters. The molecule has 0 bridgehead atoms. The molecule has 1 heterocycles. The molecule has 1 aliphatic rings. The molecule has 0 radical (unpaired) electrons. The summed E-state index contributed by atoms with van der Waals surface area (Å²) in [6, 6.07) is 8.74. The minimum absolute atomic E-state index is 0.0364. The van der Waals surface area contributed by atoms with Gasteiger partial charge in [-0.1, -0.05) is 17.8 Å². The van der Waals surface area contributed by atoms with Crippen LogP contribution < -0.4 is 0 Å². The molecule has 0 aliphatic carbocycles. The maximum atomic E-state index is 13.3. The Hall–Kier alpha value is -2.27. The highest BCUT2D eigenvalue weighted by Crippen LogP contribution is 2.40. The van der Waals surface area contributed by atoms with Crippen LogP contribution in [0.1, 0.15) is 21.5 Å². The number of carboxylic acids is 1. The van der Waals surface area contributed by atoms with Gasteiger partial charge in [-0.05, 0) is 42.0 Å². The second-order valence-corrected chi connectivity index (χ2v) is 5.41. The van der Waals surface area contributed by atoms with E-state index >= 15 is 0 Å². The lowest BCUT2D eigenvalue weighted by Gasteiger charge is -2.07. The summed E-state index contributed by atoms with van der Waals surface area (Å²) in [6.07, 6.45) is 1.55. The number of aliphatic hydroxyl groups excluding tert-OH is 1. The fourth-order valence-corrected chi connectivity index (χ4v) is 3.13. The lowest BCUT2D eigenvalue weighted by Crippen LogP contribution is -1.96. The fraction of sp³-hybridized carbons (Fsp3) is 0. The Labute approximate surface area is 118 Å². The van der Waals surface area contributed by atoms with Gasteiger partial charge in [-0.3, -0.25) is 0 Å². The number of carboxylic acid groups (broad SMARTS) is 1. The van der Waals surface area contributed by atoms with Crippen LogP contribution in [0.3, 0.4) is 0 Å². The SMILES string of the molecule is O=C(O)c1ccc2c(c1)Sc1cc(F)ccc1C(O)=C2.